The quantitative estimate of drug-likeness (QED) is 0.511. The van der Waals surface area contributed by atoms with E-state index in [-0.39, 0.29) is 5.91 Å². The lowest BCUT2D eigenvalue weighted by Crippen LogP contribution is -2.16. The highest BCUT2D eigenvalue weighted by Gasteiger charge is 2.16. The minimum atomic E-state index is -0.238. The molecule has 134 valence electrons. The molecule has 7 heteroatoms. The fraction of sp³-hybridized carbons (Fsp3) is 0.0500. The van der Waals surface area contributed by atoms with Crippen LogP contribution in [0.2, 0.25) is 10.0 Å². The topological polar surface area (TPSA) is 59.8 Å². The van der Waals surface area contributed by atoms with Gasteiger partial charge in [-0.25, -0.2) is 4.98 Å². The van der Waals surface area contributed by atoms with Crippen molar-refractivity contribution >= 4 is 45.7 Å². The van der Waals surface area contributed by atoms with Gasteiger partial charge in [0, 0.05) is 17.8 Å². The minimum absolute atomic E-state index is 0.238. The van der Waals surface area contributed by atoms with Gasteiger partial charge in [0.15, 0.2) is 5.82 Å². The highest BCUT2D eigenvalue weighted by atomic mass is 35.5. The Kier molecular flexibility index (Phi) is 4.56. The second-order valence-corrected chi connectivity index (χ2v) is 6.87. The Bertz CT molecular complexity index is 1160. The van der Waals surface area contributed by atoms with Gasteiger partial charge in [0.2, 0.25) is 0 Å². The largest absolute Gasteiger partial charge is 0.306 e. The number of aromatic nitrogens is 3. The summed E-state index contributed by atoms with van der Waals surface area (Å²) in [5, 5.41) is 9.94. The van der Waals surface area contributed by atoms with E-state index in [1.165, 1.54) is 10.9 Å². The Morgan fingerprint density at radius 1 is 1.07 bits per heavy atom. The van der Waals surface area contributed by atoms with Crippen LogP contribution in [0.25, 0.3) is 16.6 Å². The smallest absolute Gasteiger partial charge is 0.257 e. The lowest BCUT2D eigenvalue weighted by Gasteiger charge is -2.11. The van der Waals surface area contributed by atoms with E-state index in [9.17, 15) is 4.79 Å². The molecule has 4 aromatic rings. The van der Waals surface area contributed by atoms with Gasteiger partial charge in [-0.3, -0.25) is 4.79 Å². The van der Waals surface area contributed by atoms with Crippen molar-refractivity contribution in [2.75, 3.05) is 5.32 Å². The number of fused-ring (bicyclic) bond motifs is 1. The number of carbonyl (C=O) groups excluding carboxylic acids is 1. The van der Waals surface area contributed by atoms with E-state index in [1.807, 2.05) is 43.3 Å². The standard InChI is InChI=1S/C20H14Cl2N4O/c1-12-9-18(26(25-12)19-17(22)10-14(21)11-23-19)24-20(27)16-8-4-6-13-5-2-3-7-15(13)16/h2-11H,1H3,(H,24,27). The Morgan fingerprint density at radius 2 is 1.85 bits per heavy atom. The van der Waals surface area contributed by atoms with E-state index in [1.54, 1.807) is 18.2 Å². The number of amides is 1. The van der Waals surface area contributed by atoms with Crippen LogP contribution in [0.3, 0.4) is 0 Å². The zero-order chi connectivity index (χ0) is 19.0. The number of halogens is 2. The summed E-state index contributed by atoms with van der Waals surface area (Å²) in [5.41, 5.74) is 1.30. The van der Waals surface area contributed by atoms with Crippen LogP contribution in [-0.2, 0) is 0 Å². The van der Waals surface area contributed by atoms with Crippen LogP contribution in [0.5, 0.6) is 0 Å². The number of anilines is 1. The number of aryl methyl sites for hydroxylation is 1. The lowest BCUT2D eigenvalue weighted by molar-refractivity contribution is 0.102. The monoisotopic (exact) mass is 396 g/mol. The van der Waals surface area contributed by atoms with E-state index >= 15 is 0 Å². The highest BCUT2D eigenvalue weighted by Crippen LogP contribution is 2.26. The summed E-state index contributed by atoms with van der Waals surface area (Å²) in [6.45, 7) is 1.83. The van der Waals surface area contributed by atoms with Gasteiger partial charge < -0.3 is 5.32 Å². The van der Waals surface area contributed by atoms with Crippen LogP contribution < -0.4 is 5.32 Å². The summed E-state index contributed by atoms with van der Waals surface area (Å²) in [6, 6.07) is 16.7. The second-order valence-electron chi connectivity index (χ2n) is 6.02. The highest BCUT2D eigenvalue weighted by molar-refractivity contribution is 6.35. The van der Waals surface area contributed by atoms with Crippen LogP contribution in [0, 0.1) is 6.92 Å². The first-order chi connectivity index (χ1) is 13.0. The molecule has 0 saturated heterocycles. The fourth-order valence-corrected chi connectivity index (χ4v) is 3.38. The minimum Gasteiger partial charge on any atom is -0.306 e. The van der Waals surface area contributed by atoms with Crippen molar-refractivity contribution in [2.45, 2.75) is 6.92 Å². The summed E-state index contributed by atoms with van der Waals surface area (Å²) in [4.78, 5) is 17.2. The van der Waals surface area contributed by atoms with E-state index in [4.69, 9.17) is 23.2 Å². The average molecular weight is 397 g/mol. The number of pyridine rings is 1. The average Bonchev–Trinajstić information content (AvgIpc) is 3.01. The number of rotatable bonds is 3. The Morgan fingerprint density at radius 3 is 2.67 bits per heavy atom. The summed E-state index contributed by atoms with van der Waals surface area (Å²) < 4.78 is 1.50. The van der Waals surface area contributed by atoms with Crippen molar-refractivity contribution in [3.05, 3.63) is 82.1 Å². The number of hydrogen-bond acceptors (Lipinski definition) is 3. The van der Waals surface area contributed by atoms with Crippen molar-refractivity contribution in [1.82, 2.24) is 14.8 Å². The predicted octanol–water partition coefficient (Wildman–Crippen LogP) is 5.29. The Labute approximate surface area is 165 Å². The molecular weight excluding hydrogens is 383 g/mol. The van der Waals surface area contributed by atoms with Gasteiger partial charge in [-0.1, -0.05) is 59.6 Å². The van der Waals surface area contributed by atoms with E-state index in [2.05, 4.69) is 15.4 Å². The second kappa shape index (κ2) is 7.02. The molecule has 1 amide bonds. The third-order valence-electron chi connectivity index (χ3n) is 4.10. The molecule has 0 aliphatic heterocycles. The molecule has 0 aliphatic carbocycles. The van der Waals surface area contributed by atoms with Gasteiger partial charge in [-0.05, 0) is 29.8 Å². The first-order valence-corrected chi connectivity index (χ1v) is 8.96. The molecule has 2 aromatic heterocycles. The van der Waals surface area contributed by atoms with Crippen LogP contribution in [0.4, 0.5) is 5.82 Å². The molecule has 0 saturated carbocycles. The number of benzene rings is 2. The molecule has 0 spiro atoms. The summed E-state index contributed by atoms with van der Waals surface area (Å²) >= 11 is 12.2. The molecule has 27 heavy (non-hydrogen) atoms. The van der Waals surface area contributed by atoms with E-state index < -0.39 is 0 Å². The van der Waals surface area contributed by atoms with Gasteiger partial charge in [0.25, 0.3) is 5.91 Å². The molecule has 0 fully saturated rings. The first-order valence-electron chi connectivity index (χ1n) is 8.20. The maximum Gasteiger partial charge on any atom is 0.257 e. The van der Waals surface area contributed by atoms with E-state index in [0.29, 0.717) is 27.2 Å². The van der Waals surface area contributed by atoms with E-state index in [0.717, 1.165) is 16.5 Å². The SMILES string of the molecule is Cc1cc(NC(=O)c2cccc3ccccc23)n(-c2ncc(Cl)cc2Cl)n1. The summed E-state index contributed by atoms with van der Waals surface area (Å²) in [6.07, 6.45) is 1.48. The molecule has 2 heterocycles. The van der Waals surface area contributed by atoms with Crippen molar-refractivity contribution in [1.29, 1.82) is 0 Å². The van der Waals surface area contributed by atoms with Gasteiger partial charge in [-0.2, -0.15) is 9.78 Å². The van der Waals surface area contributed by atoms with Crippen molar-refractivity contribution in [2.24, 2.45) is 0 Å². The predicted molar refractivity (Wildman–Crippen MR) is 108 cm³/mol. The summed E-state index contributed by atoms with van der Waals surface area (Å²) in [5.74, 6) is 0.627. The van der Waals surface area contributed by atoms with Crippen molar-refractivity contribution in [3.63, 3.8) is 0 Å². The zero-order valence-electron chi connectivity index (χ0n) is 14.3. The van der Waals surface area contributed by atoms with Crippen LogP contribution in [0.15, 0.2) is 60.8 Å². The van der Waals surface area contributed by atoms with Gasteiger partial charge in [0.1, 0.15) is 5.82 Å². The third kappa shape index (κ3) is 3.39. The molecule has 1 N–H and O–H groups in total. The van der Waals surface area contributed by atoms with Crippen molar-refractivity contribution in [3.8, 4) is 5.82 Å². The molecule has 0 unspecified atom stereocenters. The number of nitrogens with zero attached hydrogens (tertiary/aromatic N) is 3. The van der Waals surface area contributed by atoms with Gasteiger partial charge in [0.05, 0.1) is 15.7 Å². The molecule has 4 rings (SSSR count). The normalized spacial score (nSPS) is 10.9. The summed E-state index contributed by atoms with van der Waals surface area (Å²) in [7, 11) is 0. The van der Waals surface area contributed by atoms with Crippen LogP contribution in [0.1, 0.15) is 16.1 Å². The number of nitrogens with one attached hydrogen (secondary N) is 1. The fourth-order valence-electron chi connectivity index (χ4n) is 2.92. The van der Waals surface area contributed by atoms with Crippen LogP contribution >= 0.6 is 23.2 Å². The third-order valence-corrected chi connectivity index (χ3v) is 4.58. The molecule has 0 aliphatic rings. The van der Waals surface area contributed by atoms with Crippen LogP contribution in [-0.4, -0.2) is 20.7 Å². The lowest BCUT2D eigenvalue weighted by atomic mass is 10.0. The maximum absolute atomic E-state index is 12.9. The Balaban J connectivity index is 1.74. The number of carbonyl (C=O) groups is 1. The molecule has 0 radical (unpaired) electrons. The maximum atomic E-state index is 12.9. The van der Waals surface area contributed by atoms with Gasteiger partial charge >= 0.3 is 0 Å². The molecule has 5 nitrogen and oxygen atoms in total. The first kappa shape index (κ1) is 17.5. The Hall–Kier alpha value is -2.89. The molecule has 0 bridgehead atoms. The molecule has 2 aromatic carbocycles. The van der Waals surface area contributed by atoms with Crippen molar-refractivity contribution < 1.29 is 4.79 Å². The number of hydrogen-bond donors (Lipinski definition) is 1. The molecular formula is C20H14Cl2N4O. The zero-order valence-corrected chi connectivity index (χ0v) is 15.8. The molecule has 0 atom stereocenters. The van der Waals surface area contributed by atoms with Gasteiger partial charge in [-0.15, -0.1) is 0 Å².